The molecular weight excluding hydrogens is 449 g/mol. The van der Waals surface area contributed by atoms with Gasteiger partial charge in [0.2, 0.25) is 0 Å². The number of ether oxygens (including phenoxy) is 1. The Morgan fingerprint density at radius 3 is 2.62 bits per heavy atom. The number of rotatable bonds is 7. The molecule has 0 aliphatic rings. The Labute approximate surface area is 192 Å². The largest absolute Gasteiger partial charge is 0.383 e. The molecule has 1 N–H and O–H groups in total. The van der Waals surface area contributed by atoms with Crippen LogP contribution in [-0.4, -0.2) is 37.0 Å². The number of aromatic nitrogens is 1. The van der Waals surface area contributed by atoms with Crippen LogP contribution in [0.15, 0.2) is 58.2 Å². The van der Waals surface area contributed by atoms with E-state index in [-0.39, 0.29) is 33.6 Å². The number of carbonyl (C=O) groups is 1. The van der Waals surface area contributed by atoms with Gasteiger partial charge in [0.1, 0.15) is 16.5 Å². The van der Waals surface area contributed by atoms with Gasteiger partial charge < -0.3 is 10.1 Å². The predicted octanol–water partition coefficient (Wildman–Crippen LogP) is 2.03. The summed E-state index contributed by atoms with van der Waals surface area (Å²) in [5.41, 5.74) is -0.0414. The van der Waals surface area contributed by atoms with Gasteiger partial charge in [0.05, 0.1) is 16.8 Å². The second-order valence-electron chi connectivity index (χ2n) is 6.52. The lowest BCUT2D eigenvalue weighted by atomic mass is 10.2. The second-order valence-corrected chi connectivity index (χ2v) is 8.43. The van der Waals surface area contributed by atoms with Crippen molar-refractivity contribution in [2.24, 2.45) is 0 Å². The lowest BCUT2D eigenvalue weighted by Gasteiger charge is -2.06. The molecular formula is C23H20FN3O3S2. The zero-order valence-corrected chi connectivity index (χ0v) is 19.1. The molecule has 2 aromatic carbocycles. The molecule has 0 unspecified atom stereocenters. The third-order valence-corrected chi connectivity index (χ3v) is 6.31. The van der Waals surface area contributed by atoms with Crippen LogP contribution in [0.4, 0.5) is 4.39 Å². The molecule has 3 aromatic rings. The maximum absolute atomic E-state index is 14.6. The highest BCUT2D eigenvalue weighted by Gasteiger charge is 2.18. The fourth-order valence-corrected chi connectivity index (χ4v) is 4.41. The number of nitrogens with zero attached hydrogens (tertiary/aromatic N) is 2. The summed E-state index contributed by atoms with van der Waals surface area (Å²) in [4.78, 5) is 27.0. The molecule has 3 rings (SSSR count). The standard InChI is InChI=1S/C23H20FN3O3S2/c1-30-12-11-26-21(28)17(14-25)23-27(19-6-4-3-5-18(19)24)22(29)20(32-23)13-15-7-9-16(31-2)10-8-15/h3-10,13H,11-12H2,1-2H3,(H,26,28)/b20-13-,23-17-. The second kappa shape index (κ2) is 10.9. The van der Waals surface area contributed by atoms with Crippen molar-refractivity contribution in [2.75, 3.05) is 26.5 Å². The van der Waals surface area contributed by atoms with Crippen LogP contribution in [0.5, 0.6) is 0 Å². The van der Waals surface area contributed by atoms with Crippen molar-refractivity contribution in [3.05, 3.63) is 79.5 Å². The van der Waals surface area contributed by atoms with Gasteiger partial charge in [-0.15, -0.1) is 23.1 Å². The summed E-state index contributed by atoms with van der Waals surface area (Å²) in [5.74, 6) is -1.30. The van der Waals surface area contributed by atoms with Crippen LogP contribution in [-0.2, 0) is 9.53 Å². The zero-order valence-electron chi connectivity index (χ0n) is 17.4. The number of benzene rings is 2. The van der Waals surface area contributed by atoms with Crippen LogP contribution in [0, 0.1) is 17.1 Å². The summed E-state index contributed by atoms with van der Waals surface area (Å²) in [6.07, 6.45) is 3.63. The number of methoxy groups -OCH3 is 1. The Bertz CT molecular complexity index is 1340. The highest BCUT2D eigenvalue weighted by Crippen LogP contribution is 2.15. The number of nitrogens with one attached hydrogen (secondary N) is 1. The molecule has 164 valence electrons. The van der Waals surface area contributed by atoms with Gasteiger partial charge >= 0.3 is 0 Å². The van der Waals surface area contributed by atoms with Crippen molar-refractivity contribution < 1.29 is 13.9 Å². The first kappa shape index (κ1) is 23.5. The van der Waals surface area contributed by atoms with Gasteiger partial charge in [-0.3, -0.25) is 14.2 Å². The topological polar surface area (TPSA) is 84.1 Å². The van der Waals surface area contributed by atoms with Gasteiger partial charge in [0.15, 0.2) is 5.57 Å². The Morgan fingerprint density at radius 2 is 2.00 bits per heavy atom. The molecule has 0 saturated heterocycles. The lowest BCUT2D eigenvalue weighted by Crippen LogP contribution is -2.35. The van der Waals surface area contributed by atoms with E-state index in [1.165, 1.54) is 25.3 Å². The smallest absolute Gasteiger partial charge is 0.273 e. The van der Waals surface area contributed by atoms with Gasteiger partial charge in [0, 0.05) is 18.6 Å². The third-order valence-electron chi connectivity index (χ3n) is 4.47. The van der Waals surface area contributed by atoms with Gasteiger partial charge in [-0.05, 0) is 42.2 Å². The Balaban J connectivity index is 2.28. The molecule has 0 atom stereocenters. The highest BCUT2D eigenvalue weighted by atomic mass is 32.2. The average Bonchev–Trinajstić information content (AvgIpc) is 3.11. The molecule has 0 bridgehead atoms. The van der Waals surface area contributed by atoms with E-state index in [1.54, 1.807) is 23.9 Å². The first-order valence-corrected chi connectivity index (χ1v) is 11.6. The van der Waals surface area contributed by atoms with Crippen LogP contribution in [0.25, 0.3) is 17.3 Å². The van der Waals surface area contributed by atoms with Crippen molar-refractivity contribution in [3.63, 3.8) is 0 Å². The molecule has 6 nitrogen and oxygen atoms in total. The molecule has 0 fully saturated rings. The van der Waals surface area contributed by atoms with Gasteiger partial charge in [-0.1, -0.05) is 24.3 Å². The van der Waals surface area contributed by atoms with E-state index in [2.05, 4.69) is 5.32 Å². The lowest BCUT2D eigenvalue weighted by molar-refractivity contribution is -0.115. The van der Waals surface area contributed by atoms with Crippen LogP contribution < -0.4 is 20.1 Å². The minimum atomic E-state index is -0.660. The number of hydrogen-bond acceptors (Lipinski definition) is 6. The quantitative estimate of drug-likeness (QED) is 0.423. The number of halogens is 1. The maximum atomic E-state index is 14.6. The SMILES string of the molecule is COCCNC(=O)/C(C#N)=c1\s/c(=C\c2ccc(SC)cc2)c(=O)n1-c1ccccc1F. The minimum absolute atomic E-state index is 0.0291. The number of thiazole rings is 1. The molecule has 32 heavy (non-hydrogen) atoms. The molecule has 1 heterocycles. The molecule has 9 heteroatoms. The first-order chi connectivity index (χ1) is 15.5. The van der Waals surface area contributed by atoms with E-state index >= 15 is 0 Å². The summed E-state index contributed by atoms with van der Waals surface area (Å²) in [6.45, 7) is 0.455. The van der Waals surface area contributed by atoms with Crippen molar-refractivity contribution in [1.82, 2.24) is 9.88 Å². The van der Waals surface area contributed by atoms with Crippen LogP contribution in [0.1, 0.15) is 5.56 Å². The van der Waals surface area contributed by atoms with Crippen molar-refractivity contribution in [3.8, 4) is 11.8 Å². The van der Waals surface area contributed by atoms with E-state index in [0.29, 0.717) is 0 Å². The van der Waals surface area contributed by atoms with E-state index in [9.17, 15) is 19.2 Å². The third kappa shape index (κ3) is 5.16. The summed E-state index contributed by atoms with van der Waals surface area (Å²) < 4.78 is 20.9. The van der Waals surface area contributed by atoms with Crippen molar-refractivity contribution in [1.29, 1.82) is 5.26 Å². The molecule has 0 spiro atoms. The fourth-order valence-electron chi connectivity index (χ4n) is 2.90. The number of amides is 1. The van der Waals surface area contributed by atoms with Gasteiger partial charge in [0.25, 0.3) is 11.5 Å². The van der Waals surface area contributed by atoms with E-state index < -0.39 is 17.3 Å². The van der Waals surface area contributed by atoms with Gasteiger partial charge in [-0.25, -0.2) is 4.39 Å². The zero-order chi connectivity index (χ0) is 23.1. The first-order valence-electron chi connectivity index (χ1n) is 9.54. The van der Waals surface area contributed by atoms with E-state index in [1.807, 2.05) is 36.6 Å². The average molecular weight is 470 g/mol. The molecule has 0 saturated carbocycles. The van der Waals surface area contributed by atoms with Crippen molar-refractivity contribution in [2.45, 2.75) is 4.90 Å². The molecule has 1 amide bonds. The molecule has 1 aromatic heterocycles. The van der Waals surface area contributed by atoms with Crippen molar-refractivity contribution >= 4 is 40.7 Å². The van der Waals surface area contributed by atoms with E-state index in [0.717, 1.165) is 26.4 Å². The summed E-state index contributed by atoms with van der Waals surface area (Å²) in [5, 5.41) is 12.3. The van der Waals surface area contributed by atoms with Crippen LogP contribution in [0.3, 0.4) is 0 Å². The Morgan fingerprint density at radius 1 is 1.28 bits per heavy atom. The summed E-state index contributed by atoms with van der Waals surface area (Å²) in [7, 11) is 1.49. The maximum Gasteiger partial charge on any atom is 0.273 e. The summed E-state index contributed by atoms with van der Waals surface area (Å²) >= 11 is 2.57. The molecule has 0 radical (unpaired) electrons. The fraction of sp³-hybridized carbons (Fsp3) is 0.174. The summed E-state index contributed by atoms with van der Waals surface area (Å²) in [6, 6.07) is 15.2. The number of thioether (sulfide) groups is 1. The number of hydrogen-bond donors (Lipinski definition) is 1. The highest BCUT2D eigenvalue weighted by molar-refractivity contribution is 7.98. The Hall–Kier alpha value is -3.19. The van der Waals surface area contributed by atoms with Gasteiger partial charge in [-0.2, -0.15) is 5.26 Å². The normalized spacial score (nSPS) is 12.4. The number of nitriles is 1. The Kier molecular flexibility index (Phi) is 8.00. The van der Waals surface area contributed by atoms with E-state index in [4.69, 9.17) is 4.74 Å². The minimum Gasteiger partial charge on any atom is -0.383 e. The number of carbonyl (C=O) groups excluding carboxylic acids is 1. The number of para-hydroxylation sites is 1. The predicted molar refractivity (Wildman–Crippen MR) is 125 cm³/mol. The van der Waals surface area contributed by atoms with Crippen LogP contribution in [0.2, 0.25) is 0 Å². The molecule has 0 aliphatic carbocycles. The monoisotopic (exact) mass is 469 g/mol. The van der Waals surface area contributed by atoms with Crippen LogP contribution >= 0.6 is 23.1 Å². The molecule has 0 aliphatic heterocycles.